The van der Waals surface area contributed by atoms with E-state index in [2.05, 4.69) is 174 Å². The number of carbonyl (C=O) groups is 8. The topological polar surface area (TPSA) is 364 Å². The molecule has 0 aliphatic carbocycles. The number of ether oxygens (including phenoxy) is 1. The van der Waals surface area contributed by atoms with Crippen molar-refractivity contribution in [2.45, 2.75) is 266 Å². The number of piperidine rings is 4. The van der Waals surface area contributed by atoms with Crippen molar-refractivity contribution >= 4 is 162 Å². The highest BCUT2D eigenvalue weighted by molar-refractivity contribution is 8.01. The predicted octanol–water partition coefficient (Wildman–Crippen LogP) is 17.6. The number of hydrogen-bond donors (Lipinski definition) is 8. The highest BCUT2D eigenvalue weighted by Crippen LogP contribution is 2.32. The summed E-state index contributed by atoms with van der Waals surface area (Å²) in [5.74, 6) is -0.347. The Bertz CT molecular complexity index is 5700. The van der Waals surface area contributed by atoms with Crippen molar-refractivity contribution in [2.24, 2.45) is 0 Å². The molecule has 42 heteroatoms. The Morgan fingerprint density at radius 3 is 1.12 bits per heavy atom. The molecule has 4 atom stereocenters. The Morgan fingerprint density at radius 2 is 0.787 bits per heavy atom. The van der Waals surface area contributed by atoms with Gasteiger partial charge in [0.05, 0.1) is 70.8 Å². The molecule has 0 bridgehead atoms. The fourth-order valence-corrected chi connectivity index (χ4v) is 24.0. The van der Waals surface area contributed by atoms with Gasteiger partial charge in [0.25, 0.3) is 35.4 Å². The minimum atomic E-state index is -0.370. The third-order valence-electron chi connectivity index (χ3n) is 27.6. The quantitative estimate of drug-likeness (QED) is 0.00762. The number of amides is 10. The van der Waals surface area contributed by atoms with Gasteiger partial charge in [-0.25, -0.2) is 45.5 Å². The first kappa shape index (κ1) is 122. The number of carbonyl (C=O) groups excluding carboxylic acids is 8. The second-order valence-electron chi connectivity index (χ2n) is 39.6. The van der Waals surface area contributed by atoms with Crippen molar-refractivity contribution in [3.8, 4) is 0 Å². The average molecular weight is 2230 g/mol. The van der Waals surface area contributed by atoms with Gasteiger partial charge < -0.3 is 75.8 Å². The molecule has 0 saturated carbocycles. The lowest BCUT2D eigenvalue weighted by Gasteiger charge is -2.42. The van der Waals surface area contributed by atoms with Gasteiger partial charge in [-0.1, -0.05) is 47.6 Å². The van der Waals surface area contributed by atoms with Gasteiger partial charge in [-0.2, -0.15) is 45.3 Å². The Labute approximate surface area is 926 Å². The number of nitrogens with zero attached hydrogens (tertiary/aromatic N) is 14. The third kappa shape index (κ3) is 37.9. The van der Waals surface area contributed by atoms with Crippen molar-refractivity contribution in [3.05, 3.63) is 222 Å². The van der Waals surface area contributed by atoms with Crippen LogP contribution in [0.5, 0.6) is 0 Å². The number of hydrogen-bond acceptors (Lipinski definition) is 28. The molecular weight excluding hydrogens is 2080 g/mol. The van der Waals surface area contributed by atoms with Gasteiger partial charge in [0.1, 0.15) is 33.0 Å². The van der Waals surface area contributed by atoms with Crippen molar-refractivity contribution in [1.82, 2.24) is 112 Å². The van der Waals surface area contributed by atoms with E-state index in [0.717, 1.165) is 186 Å². The van der Waals surface area contributed by atoms with Crippen LogP contribution in [-0.2, 0) is 40.6 Å². The molecule has 4 saturated heterocycles. The average Bonchev–Trinajstić information content (AvgIpc) is 0.981. The van der Waals surface area contributed by atoms with Gasteiger partial charge in [0.2, 0.25) is 0 Å². The number of thiocarbonyl (C=S) groups is 2. The van der Waals surface area contributed by atoms with Crippen molar-refractivity contribution < 1.29 is 52.8 Å². The van der Waals surface area contributed by atoms with Crippen LogP contribution in [-0.4, -0.2) is 299 Å². The van der Waals surface area contributed by atoms with E-state index in [1.165, 1.54) is 36.6 Å². The zero-order chi connectivity index (χ0) is 109. The molecule has 9 aromatic heterocycles. The first-order valence-electron chi connectivity index (χ1n) is 51.5. The van der Waals surface area contributed by atoms with Crippen LogP contribution in [0.25, 0.3) is 0 Å². The molecule has 9 aromatic rings. The molecule has 13 rings (SSSR count). The highest BCUT2D eigenvalue weighted by atomic mass is 35.5. The number of aromatic nitrogens is 6. The standard InChI is InChI=1S/C29H44N6O4S.C28H36N6OS3.C27H40N6O4S.C24H32Cl2N4O2S2/c1-19-16-24(26(36)32-29(4,5)6)31-21(3)25(19)27(37)30-12-8-20(2)34-13-9-23(10-14-34)35(28(38)33-39-7)17-22-11-15-40-18-22;1-20(4-12-30-28(35)27-21(2)31-19-32-22(27)3)33-13-7-24(8-14-33)34(16-23-9-15-37-17-23)26(36)18-38-25-5-10-29-11-6-25;1-6-28-25(34)23-15-18(2)24(20(4)30-23)26(35)29-11-7-19(3)32-12-8-22(9-13-32)33(27(36)31-37-5)16-21-10-14-38-17-21;1-16-12-20(25)28-23(26)22(16)24(31)27-8-4-17(2)29-9-5-19(6-10-29)30(21(33)14-32-3)13-18-7-11-34-15-18/h11,15-16,18,20,23H,8-10,12-14,17H2,1-7H3,(H,30,37)(H,32,36)(H,33,38);5-6,9-11,15,17,19-20,24H,4,7-8,12-14,16,18H2,1-3H3,(H,30,35);10,14-15,17,19,22H,6-9,11-13,16H2,1-5H3,(H,28,34)(H,29,35)(H,31,36);7,11-12,15,17,19H,4-6,8-10,13-14H2,1-3H3,(H,27,31)/t20-;;19-;17-/m1.11/s1. The lowest BCUT2D eigenvalue weighted by molar-refractivity contribution is 0.0563. The van der Waals surface area contributed by atoms with Crippen LogP contribution in [0.1, 0.15) is 257 Å². The molecule has 4 fully saturated rings. The number of urea groups is 2. The molecule has 0 spiro atoms. The number of aryl methyl sites for hydroxylation is 7. The molecule has 1 unspecified atom stereocenters. The summed E-state index contributed by atoms with van der Waals surface area (Å²) in [6.07, 6.45) is 16.3. The minimum Gasteiger partial charge on any atom is -0.378 e. The summed E-state index contributed by atoms with van der Waals surface area (Å²) in [5.41, 5.74) is 16.8. The number of likely N-dealkylation sites (tertiary alicyclic amines) is 4. The van der Waals surface area contributed by atoms with Gasteiger partial charge in [-0.05, 0) is 317 Å². The largest absolute Gasteiger partial charge is 0.378 e. The lowest BCUT2D eigenvalue weighted by atomic mass is 10.00. The van der Waals surface area contributed by atoms with Crippen LogP contribution < -0.4 is 42.9 Å². The monoisotopic (exact) mass is 2230 g/mol. The molecule has 0 aromatic carbocycles. The number of pyridine rings is 4. The molecule has 33 nitrogen and oxygen atoms in total. The maximum atomic E-state index is 13.0. The van der Waals surface area contributed by atoms with Crippen LogP contribution in [0.15, 0.2) is 121 Å². The number of hydroxylamine groups is 2. The molecule has 150 heavy (non-hydrogen) atoms. The first-order chi connectivity index (χ1) is 71.8. The Kier molecular flexibility index (Phi) is 50.5. The molecule has 13 heterocycles. The molecular formula is C108H152Cl2N22O11S7. The maximum absolute atomic E-state index is 13.0. The molecule has 10 amide bonds. The van der Waals surface area contributed by atoms with Gasteiger partial charge in [0, 0.05) is 195 Å². The number of rotatable bonds is 42. The number of thioether (sulfide) groups is 1. The molecule has 8 N–H and O–H groups in total. The van der Waals surface area contributed by atoms with Gasteiger partial charge >= 0.3 is 12.1 Å². The van der Waals surface area contributed by atoms with E-state index < -0.39 is 0 Å². The van der Waals surface area contributed by atoms with Crippen LogP contribution in [0.3, 0.4) is 0 Å². The normalized spacial score (nSPS) is 15.4. The van der Waals surface area contributed by atoms with Crippen molar-refractivity contribution in [2.75, 3.05) is 119 Å². The first-order valence-corrected chi connectivity index (χ1v) is 57.8. The van der Waals surface area contributed by atoms with E-state index in [9.17, 15) is 38.4 Å². The van der Waals surface area contributed by atoms with Crippen LogP contribution in [0.4, 0.5) is 9.59 Å². The van der Waals surface area contributed by atoms with Crippen LogP contribution in [0, 0.1) is 48.5 Å². The Balaban J connectivity index is 0.000000205. The van der Waals surface area contributed by atoms with Gasteiger partial charge in [0.15, 0.2) is 0 Å². The third-order valence-corrected chi connectivity index (χ3v) is 32.9. The van der Waals surface area contributed by atoms with E-state index >= 15 is 0 Å². The highest BCUT2D eigenvalue weighted by Gasteiger charge is 2.36. The summed E-state index contributed by atoms with van der Waals surface area (Å²) in [5, 5.41) is 35.0. The summed E-state index contributed by atoms with van der Waals surface area (Å²) in [6.45, 7) is 42.8. The van der Waals surface area contributed by atoms with E-state index in [4.69, 9.17) is 62.0 Å². The van der Waals surface area contributed by atoms with E-state index in [0.29, 0.717) is 133 Å². The second kappa shape index (κ2) is 62.0. The molecule has 4 aliphatic heterocycles. The predicted molar refractivity (Wildman–Crippen MR) is 610 cm³/mol. The number of nitrogens with one attached hydrogen (secondary N) is 8. The van der Waals surface area contributed by atoms with Gasteiger partial charge in [-0.3, -0.25) is 43.4 Å². The smallest absolute Gasteiger partial charge is 0.341 e. The van der Waals surface area contributed by atoms with Crippen LogP contribution >= 0.6 is 105 Å². The summed E-state index contributed by atoms with van der Waals surface area (Å²) >= 11 is 32.2. The van der Waals surface area contributed by atoms with Crippen molar-refractivity contribution in [1.29, 1.82) is 0 Å². The maximum Gasteiger partial charge on any atom is 0.341 e. The minimum absolute atomic E-state index is 0.0891. The SMILES string of the molecule is CCNC(=O)c1cc(C)c(C(=O)NCC[C@@H](C)N2CCC(N(Cc3ccsc3)C(=O)NOC)CC2)c(C)n1.COCC(=S)N(Cc1ccsc1)C1CCN([C@H](C)CCNC(=O)c2c(C)cc(Cl)nc2Cl)CC1.CONC(=O)N(Cc1ccsc1)C1CCN([C@H](C)CCNC(=O)c2c(C)cc(C(=O)NC(C)(C)C)nc2C)CC1.Cc1ncnc(C)c1C(=O)NCCC(C)N1CCC(N(Cc2ccsc2)C(=S)CSc2ccncc2)CC1. The Hall–Kier alpha value is -9.73. The van der Waals surface area contributed by atoms with Gasteiger partial charge in [-0.15, -0.1) is 11.8 Å². The number of methoxy groups -OCH3 is 1. The zero-order valence-electron chi connectivity index (χ0n) is 90.0. The second-order valence-corrected chi connectivity index (χ2v) is 45.4. The summed E-state index contributed by atoms with van der Waals surface area (Å²) < 4.78 is 5.33. The molecule has 0 radical (unpaired) electrons. The lowest BCUT2D eigenvalue weighted by Crippen LogP contribution is -2.51. The fraction of sp³-hybridized carbons (Fsp3) is 0.537. The van der Waals surface area contributed by atoms with Crippen molar-refractivity contribution in [3.63, 3.8) is 0 Å². The molecule has 4 aliphatic rings. The fourth-order valence-electron chi connectivity index (χ4n) is 19.3. The zero-order valence-corrected chi connectivity index (χ0v) is 97.2. The van der Waals surface area contributed by atoms with E-state index in [1.54, 1.807) is 103 Å². The van der Waals surface area contributed by atoms with E-state index in [-0.39, 0.29) is 87.5 Å². The summed E-state index contributed by atoms with van der Waals surface area (Å²) in [6, 6.07) is 19.5. The number of halogens is 2. The van der Waals surface area contributed by atoms with E-state index in [1.807, 2.05) is 113 Å². The Morgan fingerprint density at radius 1 is 0.447 bits per heavy atom. The van der Waals surface area contributed by atoms with Crippen LogP contribution in [0.2, 0.25) is 10.3 Å². The number of thiophene rings is 4. The molecule has 816 valence electrons. The summed E-state index contributed by atoms with van der Waals surface area (Å²) in [4.78, 5) is 158. The summed E-state index contributed by atoms with van der Waals surface area (Å²) in [7, 11) is 4.59.